The molecule has 2 rings (SSSR count). The maximum Gasteiger partial charge on any atom is 0.233 e. The van der Waals surface area contributed by atoms with Crippen LogP contribution in [0.2, 0.25) is 5.02 Å². The quantitative estimate of drug-likeness (QED) is 0.639. The summed E-state index contributed by atoms with van der Waals surface area (Å²) in [5.74, 6) is 0.280. The molecule has 1 aliphatic heterocycles. The van der Waals surface area contributed by atoms with Gasteiger partial charge in [0.05, 0.1) is 6.61 Å². The summed E-state index contributed by atoms with van der Waals surface area (Å²) in [4.78, 5) is 6.44. The van der Waals surface area contributed by atoms with Crippen molar-refractivity contribution in [3.8, 4) is 5.88 Å². The maximum absolute atomic E-state index is 7.42. The van der Waals surface area contributed by atoms with Gasteiger partial charge < -0.3 is 15.4 Å². The Labute approximate surface area is 118 Å². The lowest BCUT2D eigenvalue weighted by molar-refractivity contribution is 0.228. The van der Waals surface area contributed by atoms with E-state index < -0.39 is 0 Å². The van der Waals surface area contributed by atoms with Gasteiger partial charge in [-0.05, 0) is 38.9 Å². The van der Waals surface area contributed by atoms with Crippen LogP contribution in [0.4, 0.5) is 0 Å². The molecule has 1 atom stereocenters. The molecule has 1 aromatic rings. The van der Waals surface area contributed by atoms with E-state index in [1.807, 2.05) is 0 Å². The van der Waals surface area contributed by atoms with E-state index in [-0.39, 0.29) is 5.84 Å². The topological polar surface area (TPSA) is 75.2 Å². The highest BCUT2D eigenvalue weighted by molar-refractivity contribution is 6.35. The Balaban J connectivity index is 1.92. The smallest absolute Gasteiger partial charge is 0.233 e. The third kappa shape index (κ3) is 3.36. The Morgan fingerprint density at radius 1 is 1.68 bits per heavy atom. The van der Waals surface area contributed by atoms with Gasteiger partial charge in [0.2, 0.25) is 5.88 Å². The van der Waals surface area contributed by atoms with Gasteiger partial charge in [-0.2, -0.15) is 0 Å². The van der Waals surface area contributed by atoms with E-state index in [1.165, 1.54) is 12.8 Å². The molecule has 1 fully saturated rings. The minimum atomic E-state index is -0.0761. The highest BCUT2D eigenvalue weighted by Crippen LogP contribution is 2.26. The van der Waals surface area contributed by atoms with E-state index in [1.54, 1.807) is 12.3 Å². The predicted molar refractivity (Wildman–Crippen MR) is 76.0 cm³/mol. The van der Waals surface area contributed by atoms with Gasteiger partial charge in [0.1, 0.15) is 10.9 Å². The molecule has 0 aromatic carbocycles. The van der Waals surface area contributed by atoms with Crippen molar-refractivity contribution >= 4 is 17.4 Å². The number of rotatable bonds is 5. The Morgan fingerprint density at radius 2 is 2.47 bits per heavy atom. The minimum Gasteiger partial charge on any atom is -0.477 e. The van der Waals surface area contributed by atoms with Crippen LogP contribution in [0.25, 0.3) is 0 Å². The van der Waals surface area contributed by atoms with E-state index in [0.29, 0.717) is 29.1 Å². The number of nitrogens with one attached hydrogen (secondary N) is 1. The number of pyridine rings is 1. The molecule has 1 saturated heterocycles. The van der Waals surface area contributed by atoms with Crippen molar-refractivity contribution in [2.75, 3.05) is 20.2 Å². The molecule has 0 spiro atoms. The van der Waals surface area contributed by atoms with Crippen LogP contribution in [0, 0.1) is 5.41 Å². The molecule has 1 aromatic heterocycles. The fourth-order valence-corrected chi connectivity index (χ4v) is 2.64. The molecule has 1 aliphatic rings. The second-order valence-electron chi connectivity index (χ2n) is 4.81. The van der Waals surface area contributed by atoms with Crippen LogP contribution in [0.15, 0.2) is 12.3 Å². The summed E-state index contributed by atoms with van der Waals surface area (Å²) >= 11 is 6.11. The first-order valence-corrected chi connectivity index (χ1v) is 6.79. The number of aromatic nitrogens is 1. The van der Waals surface area contributed by atoms with Gasteiger partial charge >= 0.3 is 0 Å². The van der Waals surface area contributed by atoms with Gasteiger partial charge in [-0.15, -0.1) is 0 Å². The molecule has 1 unspecified atom stereocenters. The van der Waals surface area contributed by atoms with Crippen LogP contribution >= 0.6 is 11.6 Å². The van der Waals surface area contributed by atoms with Crippen LogP contribution in [0.5, 0.6) is 5.88 Å². The Morgan fingerprint density at radius 3 is 3.11 bits per heavy atom. The van der Waals surface area contributed by atoms with E-state index in [2.05, 4.69) is 16.9 Å². The fraction of sp³-hybridized carbons (Fsp3) is 0.538. The molecule has 0 aliphatic carbocycles. The first-order valence-electron chi connectivity index (χ1n) is 6.41. The summed E-state index contributed by atoms with van der Waals surface area (Å²) in [6.07, 6.45) is 4.98. The summed E-state index contributed by atoms with van der Waals surface area (Å²) in [6, 6.07) is 2.19. The highest BCUT2D eigenvalue weighted by Gasteiger charge is 2.20. The van der Waals surface area contributed by atoms with Gasteiger partial charge in [0.15, 0.2) is 0 Å². The van der Waals surface area contributed by atoms with E-state index in [9.17, 15) is 0 Å². The molecule has 0 amide bonds. The van der Waals surface area contributed by atoms with Crippen LogP contribution in [-0.4, -0.2) is 42.0 Å². The van der Waals surface area contributed by atoms with Crippen LogP contribution < -0.4 is 10.5 Å². The number of amidine groups is 1. The van der Waals surface area contributed by atoms with E-state index in [0.717, 1.165) is 13.0 Å². The number of nitrogen functional groups attached to an aromatic ring is 1. The molecule has 6 heteroatoms. The molecule has 0 bridgehead atoms. The van der Waals surface area contributed by atoms with Crippen molar-refractivity contribution in [1.29, 1.82) is 5.41 Å². The van der Waals surface area contributed by atoms with Crippen LogP contribution in [-0.2, 0) is 0 Å². The third-order valence-electron chi connectivity index (χ3n) is 3.51. The molecular weight excluding hydrogens is 264 g/mol. The maximum atomic E-state index is 7.42. The molecular formula is C13H19ClN4O. The lowest BCUT2D eigenvalue weighted by Gasteiger charge is -2.19. The zero-order chi connectivity index (χ0) is 13.8. The number of hydrogen-bond acceptors (Lipinski definition) is 4. The standard InChI is InChI=1S/C13H19ClN4O/c1-18-7-2-3-9(18)5-8-19-13-11(14)10(12(15)16)4-6-17-13/h4,6,9H,2-3,5,7-8H2,1H3,(H3,15,16). The SMILES string of the molecule is CN1CCCC1CCOc1nccc(C(=N)N)c1Cl. The van der Waals surface area contributed by atoms with Crippen LogP contribution in [0.1, 0.15) is 24.8 Å². The summed E-state index contributed by atoms with van der Waals surface area (Å²) in [5.41, 5.74) is 5.90. The van der Waals surface area contributed by atoms with Crippen LogP contribution in [0.3, 0.4) is 0 Å². The Kier molecular flexibility index (Phi) is 4.61. The third-order valence-corrected chi connectivity index (χ3v) is 3.87. The lowest BCUT2D eigenvalue weighted by atomic mass is 10.1. The normalized spacial score (nSPS) is 19.6. The first-order chi connectivity index (χ1) is 9.09. The average molecular weight is 283 g/mol. The monoisotopic (exact) mass is 282 g/mol. The number of nitrogens with zero attached hydrogens (tertiary/aromatic N) is 2. The van der Waals surface area contributed by atoms with Crippen molar-refractivity contribution in [2.24, 2.45) is 5.73 Å². The summed E-state index contributed by atoms with van der Waals surface area (Å²) in [7, 11) is 2.14. The van der Waals surface area contributed by atoms with Gasteiger partial charge in [-0.1, -0.05) is 11.6 Å². The van der Waals surface area contributed by atoms with Crippen molar-refractivity contribution < 1.29 is 4.74 Å². The second-order valence-corrected chi connectivity index (χ2v) is 5.18. The van der Waals surface area contributed by atoms with Crippen molar-refractivity contribution in [1.82, 2.24) is 9.88 Å². The van der Waals surface area contributed by atoms with Gasteiger partial charge in [0.25, 0.3) is 0 Å². The average Bonchev–Trinajstić information content (AvgIpc) is 2.77. The summed E-state index contributed by atoms with van der Waals surface area (Å²) < 4.78 is 5.62. The molecule has 5 nitrogen and oxygen atoms in total. The van der Waals surface area contributed by atoms with Crippen molar-refractivity contribution in [2.45, 2.75) is 25.3 Å². The van der Waals surface area contributed by atoms with E-state index >= 15 is 0 Å². The molecule has 3 N–H and O–H groups in total. The highest BCUT2D eigenvalue weighted by atomic mass is 35.5. The van der Waals surface area contributed by atoms with Gasteiger partial charge in [0, 0.05) is 17.8 Å². The zero-order valence-corrected chi connectivity index (χ0v) is 11.8. The van der Waals surface area contributed by atoms with E-state index in [4.69, 9.17) is 27.5 Å². The predicted octanol–water partition coefficient (Wildman–Crippen LogP) is 1.88. The molecule has 0 radical (unpaired) electrons. The summed E-state index contributed by atoms with van der Waals surface area (Å²) in [6.45, 7) is 1.73. The van der Waals surface area contributed by atoms with Crippen molar-refractivity contribution in [3.05, 3.63) is 22.8 Å². The minimum absolute atomic E-state index is 0.0761. The Bertz CT molecular complexity index is 466. The number of hydrogen-bond donors (Lipinski definition) is 2. The Hall–Kier alpha value is -1.33. The number of halogens is 1. The summed E-state index contributed by atoms with van der Waals surface area (Å²) in [5, 5.41) is 7.73. The number of likely N-dealkylation sites (tertiary alicyclic amines) is 1. The second kappa shape index (κ2) is 6.21. The number of ether oxygens (including phenoxy) is 1. The van der Waals surface area contributed by atoms with Gasteiger partial charge in [-0.25, -0.2) is 4.98 Å². The molecule has 2 heterocycles. The fourth-order valence-electron chi connectivity index (χ4n) is 2.37. The lowest BCUT2D eigenvalue weighted by Crippen LogP contribution is -2.26. The molecule has 104 valence electrons. The van der Waals surface area contributed by atoms with Gasteiger partial charge in [-0.3, -0.25) is 5.41 Å². The molecule has 0 saturated carbocycles. The number of nitrogens with two attached hydrogens (primary N) is 1. The largest absolute Gasteiger partial charge is 0.477 e. The first kappa shape index (κ1) is 14.1. The molecule has 19 heavy (non-hydrogen) atoms. The van der Waals surface area contributed by atoms with Crippen molar-refractivity contribution in [3.63, 3.8) is 0 Å². The zero-order valence-electron chi connectivity index (χ0n) is 11.0.